The fourth-order valence-corrected chi connectivity index (χ4v) is 7.13. The van der Waals surface area contributed by atoms with E-state index in [4.69, 9.17) is 9.47 Å². The van der Waals surface area contributed by atoms with Crippen molar-refractivity contribution < 1.29 is 28.2 Å². The Balaban J connectivity index is 1.36. The van der Waals surface area contributed by atoms with Gasteiger partial charge in [0.25, 0.3) is 0 Å². The van der Waals surface area contributed by atoms with Crippen molar-refractivity contribution in [3.8, 4) is 0 Å². The maximum Gasteiger partial charge on any atom is 0.306 e. The normalized spacial score (nSPS) is 22.6. The maximum absolute atomic E-state index is 15.3. The molecule has 0 saturated heterocycles. The van der Waals surface area contributed by atoms with Crippen molar-refractivity contribution in [3.05, 3.63) is 69.5 Å². The molecule has 3 aliphatic rings. The Hall–Kier alpha value is -3.06. The molecule has 1 saturated carbocycles. The molecule has 0 N–H and O–H groups in total. The van der Waals surface area contributed by atoms with E-state index in [0.29, 0.717) is 44.4 Å². The number of carbonyl (C=O) groups excluding carboxylic acids is 3. The van der Waals surface area contributed by atoms with Gasteiger partial charge in [-0.15, -0.1) is 0 Å². The predicted octanol–water partition coefficient (Wildman–Crippen LogP) is 6.19. The molecule has 0 unspecified atom stereocenters. The number of hydrogen-bond acceptors (Lipinski definition) is 5. The molecule has 2 aromatic rings. The SMILES string of the molecule is COCc1ccc2c(c1)CCN(C(=O)C1CC(CC(=O)OC(C)(C)C)C1)[C@H]2C(=O)Cc1cc(F)c2c(c1)CCC2(C)C. The highest BCUT2D eigenvalue weighted by Crippen LogP contribution is 2.43. The third-order valence-corrected chi connectivity index (χ3v) is 9.10. The molecule has 2 aromatic carbocycles. The maximum atomic E-state index is 15.3. The summed E-state index contributed by atoms with van der Waals surface area (Å²) in [6.07, 6.45) is 3.92. The van der Waals surface area contributed by atoms with Crippen LogP contribution in [0, 0.1) is 17.7 Å². The Bertz CT molecular complexity index is 1380. The summed E-state index contributed by atoms with van der Waals surface area (Å²) in [4.78, 5) is 41.9. The zero-order chi connectivity index (χ0) is 30.4. The number of ether oxygens (including phenoxy) is 2. The lowest BCUT2D eigenvalue weighted by molar-refractivity contribution is -0.159. The molecular formula is C35H44FNO5. The molecule has 0 spiro atoms. The first-order valence-electron chi connectivity index (χ1n) is 15.2. The van der Waals surface area contributed by atoms with Crippen molar-refractivity contribution in [3.63, 3.8) is 0 Å². The highest BCUT2D eigenvalue weighted by Gasteiger charge is 2.43. The quantitative estimate of drug-likeness (QED) is 0.350. The van der Waals surface area contributed by atoms with Crippen LogP contribution in [0.3, 0.4) is 0 Å². The smallest absolute Gasteiger partial charge is 0.306 e. The van der Waals surface area contributed by atoms with Gasteiger partial charge in [-0.1, -0.05) is 38.1 Å². The van der Waals surface area contributed by atoms with E-state index in [1.54, 1.807) is 12.0 Å². The van der Waals surface area contributed by atoms with Gasteiger partial charge in [0.2, 0.25) is 5.91 Å². The van der Waals surface area contributed by atoms with Crippen LogP contribution in [0.1, 0.15) is 99.7 Å². The third-order valence-electron chi connectivity index (χ3n) is 9.10. The summed E-state index contributed by atoms with van der Waals surface area (Å²) < 4.78 is 26.0. The summed E-state index contributed by atoms with van der Waals surface area (Å²) in [6, 6.07) is 8.73. The average molecular weight is 578 g/mol. The van der Waals surface area contributed by atoms with E-state index in [2.05, 4.69) is 19.9 Å². The number of nitrogens with zero attached hydrogens (tertiary/aromatic N) is 1. The van der Waals surface area contributed by atoms with Crippen molar-refractivity contribution in [1.29, 1.82) is 0 Å². The molecule has 7 heteroatoms. The minimum absolute atomic E-state index is 0.0395. The van der Waals surface area contributed by atoms with E-state index in [-0.39, 0.29) is 47.1 Å². The minimum Gasteiger partial charge on any atom is -0.460 e. The lowest BCUT2D eigenvalue weighted by Gasteiger charge is -2.42. The van der Waals surface area contributed by atoms with Gasteiger partial charge in [0.1, 0.15) is 17.5 Å². The predicted molar refractivity (Wildman–Crippen MR) is 158 cm³/mol. The van der Waals surface area contributed by atoms with Gasteiger partial charge >= 0.3 is 5.97 Å². The third kappa shape index (κ3) is 6.31. The molecule has 1 atom stereocenters. The summed E-state index contributed by atoms with van der Waals surface area (Å²) in [5, 5.41) is 0. The molecule has 6 nitrogen and oxygen atoms in total. The highest BCUT2D eigenvalue weighted by molar-refractivity contribution is 5.93. The molecule has 226 valence electrons. The number of ketones is 1. The Kier molecular flexibility index (Phi) is 8.36. The number of methoxy groups -OCH3 is 1. The molecule has 5 rings (SSSR count). The van der Waals surface area contributed by atoms with Crippen LogP contribution in [0.15, 0.2) is 30.3 Å². The van der Waals surface area contributed by atoms with E-state index in [0.717, 1.165) is 40.7 Å². The lowest BCUT2D eigenvalue weighted by atomic mass is 9.72. The second-order valence-corrected chi connectivity index (χ2v) is 14.1. The monoisotopic (exact) mass is 577 g/mol. The van der Waals surface area contributed by atoms with E-state index in [1.807, 2.05) is 39.0 Å². The second kappa shape index (κ2) is 11.6. The van der Waals surface area contributed by atoms with Crippen LogP contribution in [-0.4, -0.2) is 41.8 Å². The number of benzene rings is 2. The molecule has 1 amide bonds. The molecule has 1 fully saturated rings. The van der Waals surface area contributed by atoms with Crippen molar-refractivity contribution in [2.75, 3.05) is 13.7 Å². The highest BCUT2D eigenvalue weighted by atomic mass is 19.1. The van der Waals surface area contributed by atoms with Gasteiger partial charge in [-0.05, 0) is 104 Å². The zero-order valence-electron chi connectivity index (χ0n) is 25.8. The molecule has 2 aliphatic carbocycles. The number of aryl methyl sites for hydroxylation is 1. The fourth-order valence-electron chi connectivity index (χ4n) is 7.13. The van der Waals surface area contributed by atoms with Crippen LogP contribution in [0.25, 0.3) is 0 Å². The van der Waals surface area contributed by atoms with E-state index in [9.17, 15) is 14.4 Å². The standard InChI is InChI=1S/C35H44FNO5/c1-34(2,3)42-30(39)19-22-15-26(16-22)33(40)37-12-10-24-13-21(20-41-6)7-8-27(24)32(37)29(38)18-23-14-25-9-11-35(4,5)31(25)28(36)17-23/h7-8,13-14,17,22,26,32H,9-12,15-16,18-20H2,1-6H3/t22?,26?,32-/m1/s1. The summed E-state index contributed by atoms with van der Waals surface area (Å²) in [5.41, 5.74) is 4.56. The minimum atomic E-state index is -0.726. The van der Waals surface area contributed by atoms with Gasteiger partial charge in [0, 0.05) is 32.4 Å². The van der Waals surface area contributed by atoms with Gasteiger partial charge in [-0.3, -0.25) is 14.4 Å². The van der Waals surface area contributed by atoms with Gasteiger partial charge in [0.05, 0.1) is 6.61 Å². The summed E-state index contributed by atoms with van der Waals surface area (Å²) >= 11 is 0. The van der Waals surface area contributed by atoms with Crippen LogP contribution in [0.2, 0.25) is 0 Å². The lowest BCUT2D eigenvalue weighted by Crippen LogP contribution is -2.49. The fraction of sp³-hybridized carbons (Fsp3) is 0.571. The Labute approximate surface area is 249 Å². The van der Waals surface area contributed by atoms with Gasteiger partial charge in [-0.2, -0.15) is 0 Å². The molecule has 42 heavy (non-hydrogen) atoms. The van der Waals surface area contributed by atoms with Gasteiger partial charge in [0.15, 0.2) is 5.78 Å². The van der Waals surface area contributed by atoms with Gasteiger partial charge < -0.3 is 14.4 Å². The van der Waals surface area contributed by atoms with Crippen LogP contribution >= 0.6 is 0 Å². The first-order valence-corrected chi connectivity index (χ1v) is 15.2. The number of esters is 1. The van der Waals surface area contributed by atoms with Crippen LogP contribution in [0.4, 0.5) is 4.39 Å². The van der Waals surface area contributed by atoms with Crippen molar-refractivity contribution in [2.45, 2.75) is 103 Å². The first-order chi connectivity index (χ1) is 19.8. The number of amides is 1. The van der Waals surface area contributed by atoms with E-state index >= 15 is 4.39 Å². The largest absolute Gasteiger partial charge is 0.460 e. The van der Waals surface area contributed by atoms with Crippen LogP contribution in [-0.2, 0) is 55.1 Å². The van der Waals surface area contributed by atoms with Crippen LogP contribution < -0.4 is 0 Å². The molecule has 1 heterocycles. The second-order valence-electron chi connectivity index (χ2n) is 14.1. The summed E-state index contributed by atoms with van der Waals surface area (Å²) in [6.45, 7) is 10.6. The Morgan fingerprint density at radius 1 is 1.02 bits per heavy atom. The number of halogens is 1. The van der Waals surface area contributed by atoms with E-state index < -0.39 is 11.6 Å². The number of rotatable bonds is 8. The number of fused-ring (bicyclic) bond motifs is 2. The van der Waals surface area contributed by atoms with Crippen molar-refractivity contribution in [1.82, 2.24) is 4.90 Å². The molecule has 1 aliphatic heterocycles. The number of hydrogen-bond donors (Lipinski definition) is 0. The average Bonchev–Trinajstić information content (AvgIpc) is 3.18. The Morgan fingerprint density at radius 2 is 1.74 bits per heavy atom. The topological polar surface area (TPSA) is 72.9 Å². The summed E-state index contributed by atoms with van der Waals surface area (Å²) in [7, 11) is 1.65. The zero-order valence-corrected chi connectivity index (χ0v) is 25.8. The molecular weight excluding hydrogens is 533 g/mol. The Morgan fingerprint density at radius 3 is 2.43 bits per heavy atom. The number of carbonyl (C=O) groups is 3. The van der Waals surface area contributed by atoms with Crippen molar-refractivity contribution >= 4 is 17.7 Å². The number of Topliss-reactive ketones (excluding diaryl/α,β-unsaturated/α-hetero) is 1. The molecule has 0 aromatic heterocycles. The van der Waals surface area contributed by atoms with Crippen LogP contribution in [0.5, 0.6) is 0 Å². The van der Waals surface area contributed by atoms with Gasteiger partial charge in [-0.25, -0.2) is 4.39 Å². The first kappa shape index (κ1) is 30.4. The molecule has 0 bridgehead atoms. The van der Waals surface area contributed by atoms with Crippen molar-refractivity contribution in [2.24, 2.45) is 11.8 Å². The molecule has 0 radical (unpaired) electrons. The summed E-state index contributed by atoms with van der Waals surface area (Å²) in [5.74, 6) is -0.746. The van der Waals surface area contributed by atoms with E-state index in [1.165, 1.54) is 6.07 Å².